The van der Waals surface area contributed by atoms with Crippen molar-refractivity contribution in [2.45, 2.75) is 6.92 Å². The summed E-state index contributed by atoms with van der Waals surface area (Å²) in [7, 11) is 0. The lowest BCUT2D eigenvalue weighted by atomic mass is 10.0. The zero-order chi connectivity index (χ0) is 16.7. The Morgan fingerprint density at radius 3 is 1.77 bits per heavy atom. The van der Waals surface area contributed by atoms with Crippen LogP contribution in [0.2, 0.25) is 0 Å². The van der Waals surface area contributed by atoms with Crippen molar-refractivity contribution in [3.05, 3.63) is 34.9 Å². The molecule has 1 aromatic carbocycles. The summed E-state index contributed by atoms with van der Waals surface area (Å²) in [5.74, 6) is -2.22. The molecule has 8 nitrogen and oxygen atoms in total. The van der Waals surface area contributed by atoms with E-state index in [2.05, 4.69) is 5.32 Å². The van der Waals surface area contributed by atoms with Crippen LogP contribution in [0.1, 0.15) is 26.3 Å². The number of piperazine rings is 1. The molecular formula is C14H18N2O6. The monoisotopic (exact) mass is 310 g/mol. The van der Waals surface area contributed by atoms with E-state index < -0.39 is 18.0 Å². The van der Waals surface area contributed by atoms with Crippen LogP contribution in [0.4, 0.5) is 4.79 Å². The first-order valence-corrected chi connectivity index (χ1v) is 6.59. The van der Waals surface area contributed by atoms with Gasteiger partial charge in [0.2, 0.25) is 0 Å². The minimum atomic E-state index is -1.11. The zero-order valence-electron chi connectivity index (χ0n) is 12.1. The van der Waals surface area contributed by atoms with E-state index in [4.69, 9.17) is 15.3 Å². The van der Waals surface area contributed by atoms with E-state index in [-0.39, 0.29) is 16.7 Å². The molecule has 0 spiro atoms. The number of carboxylic acid groups (broad SMARTS) is 3. The van der Waals surface area contributed by atoms with Crippen LogP contribution < -0.4 is 5.32 Å². The Hall–Kier alpha value is -2.61. The Bertz CT molecular complexity index is 534. The fourth-order valence-corrected chi connectivity index (χ4v) is 1.96. The number of rotatable bonds is 2. The normalized spacial score (nSPS) is 13.8. The fraction of sp³-hybridized carbons (Fsp3) is 0.357. The second-order valence-electron chi connectivity index (χ2n) is 4.61. The van der Waals surface area contributed by atoms with Gasteiger partial charge < -0.3 is 25.5 Å². The van der Waals surface area contributed by atoms with E-state index in [1.165, 1.54) is 30.0 Å². The maximum atomic E-state index is 10.6. The number of hydrogen-bond donors (Lipinski definition) is 4. The first-order valence-electron chi connectivity index (χ1n) is 6.59. The summed E-state index contributed by atoms with van der Waals surface area (Å²) >= 11 is 0. The van der Waals surface area contributed by atoms with Crippen molar-refractivity contribution >= 4 is 18.0 Å². The molecule has 2 rings (SSSR count). The summed E-state index contributed by atoms with van der Waals surface area (Å²) in [4.78, 5) is 32.9. The average Bonchev–Trinajstić information content (AvgIpc) is 2.48. The summed E-state index contributed by atoms with van der Waals surface area (Å²) < 4.78 is 0. The number of nitrogens with zero attached hydrogens (tertiary/aromatic N) is 1. The molecule has 22 heavy (non-hydrogen) atoms. The van der Waals surface area contributed by atoms with Crippen molar-refractivity contribution in [3.63, 3.8) is 0 Å². The number of aromatic carboxylic acids is 2. The van der Waals surface area contributed by atoms with Crippen LogP contribution in [0, 0.1) is 6.92 Å². The van der Waals surface area contributed by atoms with Crippen molar-refractivity contribution in [1.29, 1.82) is 0 Å². The van der Waals surface area contributed by atoms with Crippen LogP contribution in [0.15, 0.2) is 18.2 Å². The van der Waals surface area contributed by atoms with E-state index in [1.54, 1.807) is 0 Å². The first-order chi connectivity index (χ1) is 10.3. The second kappa shape index (κ2) is 7.99. The van der Waals surface area contributed by atoms with Crippen molar-refractivity contribution < 1.29 is 29.7 Å². The number of amides is 1. The van der Waals surface area contributed by atoms with Crippen molar-refractivity contribution in [2.24, 2.45) is 0 Å². The number of nitrogens with one attached hydrogen (secondary N) is 1. The molecule has 1 heterocycles. The number of carbonyl (C=O) groups is 3. The summed E-state index contributed by atoms with van der Waals surface area (Å²) in [5.41, 5.74) is 0.335. The van der Waals surface area contributed by atoms with Crippen LogP contribution in [0.3, 0.4) is 0 Å². The Balaban J connectivity index is 0.000000235. The van der Waals surface area contributed by atoms with E-state index in [9.17, 15) is 14.4 Å². The standard InChI is InChI=1S/C9H8O4.C5H10N2O2/c1-5-6(8(10)11)3-2-4-7(5)9(12)13;8-5(9)7-3-1-6-2-4-7/h2-4H,1H3,(H,10,11)(H,12,13);6H,1-4H2,(H,8,9). The van der Waals surface area contributed by atoms with Crippen LogP contribution >= 0.6 is 0 Å². The average molecular weight is 310 g/mol. The molecule has 0 unspecified atom stereocenters. The lowest BCUT2D eigenvalue weighted by Crippen LogP contribution is -2.45. The van der Waals surface area contributed by atoms with Crippen LogP contribution in [0.5, 0.6) is 0 Å². The molecule has 1 amide bonds. The summed E-state index contributed by atoms with van der Waals surface area (Å²) in [6.45, 7) is 4.29. The summed E-state index contributed by atoms with van der Waals surface area (Å²) in [6.07, 6.45) is -0.809. The topological polar surface area (TPSA) is 127 Å². The maximum Gasteiger partial charge on any atom is 0.407 e. The molecule has 0 aromatic heterocycles. The van der Waals surface area contributed by atoms with Gasteiger partial charge in [0.05, 0.1) is 11.1 Å². The molecule has 8 heteroatoms. The van der Waals surface area contributed by atoms with Crippen LogP contribution in [0.25, 0.3) is 0 Å². The number of benzene rings is 1. The Kier molecular flexibility index (Phi) is 6.33. The van der Waals surface area contributed by atoms with E-state index in [1.807, 2.05) is 0 Å². The molecular weight excluding hydrogens is 292 g/mol. The highest BCUT2D eigenvalue weighted by atomic mass is 16.4. The summed E-state index contributed by atoms with van der Waals surface area (Å²) in [5, 5.41) is 28.9. The van der Waals surface area contributed by atoms with Gasteiger partial charge in [0.15, 0.2) is 0 Å². The molecule has 0 bridgehead atoms. The Morgan fingerprint density at radius 1 is 1.00 bits per heavy atom. The van der Waals surface area contributed by atoms with Gasteiger partial charge in [-0.15, -0.1) is 0 Å². The molecule has 1 fully saturated rings. The van der Waals surface area contributed by atoms with Crippen molar-refractivity contribution in [2.75, 3.05) is 26.2 Å². The third-order valence-corrected chi connectivity index (χ3v) is 3.18. The molecule has 4 N–H and O–H groups in total. The second-order valence-corrected chi connectivity index (χ2v) is 4.61. The molecule has 120 valence electrons. The highest BCUT2D eigenvalue weighted by Gasteiger charge is 2.14. The van der Waals surface area contributed by atoms with Gasteiger partial charge in [0.25, 0.3) is 0 Å². The van der Waals surface area contributed by atoms with Crippen LogP contribution in [-0.2, 0) is 0 Å². The highest BCUT2D eigenvalue weighted by molar-refractivity contribution is 5.96. The molecule has 0 aliphatic carbocycles. The SMILES string of the molecule is Cc1c(C(=O)O)cccc1C(=O)O.O=C(O)N1CCNCC1. The van der Waals surface area contributed by atoms with Gasteiger partial charge in [-0.3, -0.25) is 0 Å². The smallest absolute Gasteiger partial charge is 0.407 e. The van der Waals surface area contributed by atoms with E-state index >= 15 is 0 Å². The van der Waals surface area contributed by atoms with Gasteiger partial charge in [-0.2, -0.15) is 0 Å². The van der Waals surface area contributed by atoms with Gasteiger partial charge >= 0.3 is 18.0 Å². The minimum Gasteiger partial charge on any atom is -0.478 e. The minimum absolute atomic E-state index is 0.0277. The molecule has 1 saturated heterocycles. The molecule has 1 aliphatic heterocycles. The van der Waals surface area contributed by atoms with Gasteiger partial charge in [0.1, 0.15) is 0 Å². The third kappa shape index (κ3) is 4.74. The first kappa shape index (κ1) is 17.4. The highest BCUT2D eigenvalue weighted by Crippen LogP contribution is 2.13. The molecule has 1 aliphatic rings. The largest absolute Gasteiger partial charge is 0.478 e. The van der Waals surface area contributed by atoms with E-state index in [0.717, 1.165) is 13.1 Å². The van der Waals surface area contributed by atoms with Gasteiger partial charge in [-0.05, 0) is 24.6 Å². The molecule has 0 atom stereocenters. The predicted octanol–water partition coefficient (Wildman–Crippen LogP) is 0.961. The Labute approximate surface area is 127 Å². The Morgan fingerprint density at radius 2 is 1.45 bits per heavy atom. The van der Waals surface area contributed by atoms with Crippen molar-refractivity contribution in [1.82, 2.24) is 10.2 Å². The zero-order valence-corrected chi connectivity index (χ0v) is 12.1. The van der Waals surface area contributed by atoms with Gasteiger partial charge in [0, 0.05) is 26.2 Å². The van der Waals surface area contributed by atoms with Crippen LogP contribution in [-0.4, -0.2) is 64.4 Å². The van der Waals surface area contributed by atoms with Gasteiger partial charge in [-0.1, -0.05) is 6.07 Å². The summed E-state index contributed by atoms with van der Waals surface area (Å²) in [6, 6.07) is 4.17. The molecule has 0 radical (unpaired) electrons. The van der Waals surface area contributed by atoms with Gasteiger partial charge in [-0.25, -0.2) is 14.4 Å². The fourth-order valence-electron chi connectivity index (χ4n) is 1.96. The molecule has 0 saturated carbocycles. The lowest BCUT2D eigenvalue weighted by Gasteiger charge is -2.23. The maximum absolute atomic E-state index is 10.6. The lowest BCUT2D eigenvalue weighted by molar-refractivity contribution is 0.0696. The van der Waals surface area contributed by atoms with E-state index in [0.29, 0.717) is 13.1 Å². The van der Waals surface area contributed by atoms with Crippen molar-refractivity contribution in [3.8, 4) is 0 Å². The number of hydrogen-bond acceptors (Lipinski definition) is 4. The third-order valence-electron chi connectivity index (χ3n) is 3.18. The number of carboxylic acids is 2. The predicted molar refractivity (Wildman–Crippen MR) is 77.6 cm³/mol. The molecule has 1 aromatic rings. The quantitative estimate of drug-likeness (QED) is 0.640.